The van der Waals surface area contributed by atoms with E-state index in [1.165, 1.54) is 0 Å². The van der Waals surface area contributed by atoms with Gasteiger partial charge in [0.05, 0.1) is 27.5 Å². The number of rotatable bonds is 6. The number of pyridine rings is 1. The van der Waals surface area contributed by atoms with Gasteiger partial charge >= 0.3 is 5.97 Å². The minimum absolute atomic E-state index is 0.0370. The second-order valence-electron chi connectivity index (χ2n) is 7.93. The molecule has 0 saturated carbocycles. The van der Waals surface area contributed by atoms with Gasteiger partial charge in [-0.25, -0.2) is 9.37 Å². The Bertz CT molecular complexity index is 1440. The molecule has 3 aromatic carbocycles. The molecule has 5 nitrogen and oxygen atoms in total. The van der Waals surface area contributed by atoms with Gasteiger partial charge in [0.2, 0.25) is 0 Å². The van der Waals surface area contributed by atoms with Crippen molar-refractivity contribution in [3.63, 3.8) is 0 Å². The lowest BCUT2D eigenvalue weighted by molar-refractivity contribution is -0.134. The zero-order chi connectivity index (χ0) is 25.1. The molecule has 4 aromatic rings. The highest BCUT2D eigenvalue weighted by molar-refractivity contribution is 9.10. The summed E-state index contributed by atoms with van der Waals surface area (Å²) in [4.78, 5) is 30.6. The minimum Gasteiger partial charge on any atom is -0.423 e. The highest BCUT2D eigenvalue weighted by Gasteiger charge is 2.22. The van der Waals surface area contributed by atoms with Crippen LogP contribution in [0.4, 0.5) is 10.1 Å². The van der Waals surface area contributed by atoms with E-state index in [1.807, 2.05) is 56.3 Å². The summed E-state index contributed by atoms with van der Waals surface area (Å²) in [6.07, 6.45) is 0.725. The highest BCUT2D eigenvalue weighted by atomic mass is 79.9. The molecule has 35 heavy (non-hydrogen) atoms. The maximum absolute atomic E-state index is 14.2. The molecule has 1 N–H and O–H groups in total. The summed E-state index contributed by atoms with van der Waals surface area (Å²) in [6.45, 7) is 3.64. The lowest BCUT2D eigenvalue weighted by atomic mass is 9.97. The van der Waals surface area contributed by atoms with Crippen LogP contribution in [0.5, 0.6) is 5.75 Å². The molecule has 0 aliphatic rings. The fourth-order valence-electron chi connectivity index (χ4n) is 3.81. The Morgan fingerprint density at radius 2 is 1.86 bits per heavy atom. The van der Waals surface area contributed by atoms with E-state index in [-0.39, 0.29) is 22.9 Å². The number of fused-ring (bicyclic) bond motifs is 1. The van der Waals surface area contributed by atoms with Gasteiger partial charge in [0.1, 0.15) is 5.82 Å². The van der Waals surface area contributed by atoms with Crippen molar-refractivity contribution in [3.05, 3.63) is 87.1 Å². The number of ether oxygens (including phenoxy) is 1. The average molecular weight is 556 g/mol. The summed E-state index contributed by atoms with van der Waals surface area (Å²) in [5.74, 6) is -1.82. The van der Waals surface area contributed by atoms with Gasteiger partial charge in [-0.05, 0) is 43.2 Å². The molecule has 1 aromatic heterocycles. The van der Waals surface area contributed by atoms with Crippen LogP contribution in [-0.4, -0.2) is 16.9 Å². The molecule has 1 heterocycles. The normalized spacial score (nSPS) is 10.9. The summed E-state index contributed by atoms with van der Waals surface area (Å²) >= 11 is 9.64. The van der Waals surface area contributed by atoms with Gasteiger partial charge in [-0.1, -0.05) is 64.8 Å². The van der Waals surface area contributed by atoms with Crippen LogP contribution < -0.4 is 10.1 Å². The van der Waals surface area contributed by atoms with Gasteiger partial charge < -0.3 is 10.1 Å². The van der Waals surface area contributed by atoms with E-state index >= 15 is 0 Å². The van der Waals surface area contributed by atoms with Crippen molar-refractivity contribution in [2.24, 2.45) is 0 Å². The van der Waals surface area contributed by atoms with Crippen LogP contribution in [0.25, 0.3) is 22.2 Å². The van der Waals surface area contributed by atoms with Crippen LogP contribution in [-0.2, 0) is 4.79 Å². The Labute approximate surface area is 215 Å². The zero-order valence-corrected chi connectivity index (χ0v) is 21.3. The first-order valence-electron chi connectivity index (χ1n) is 10.9. The first kappa shape index (κ1) is 24.8. The number of aromatic nitrogens is 1. The Hall–Kier alpha value is -3.29. The maximum Gasteiger partial charge on any atom is 0.311 e. The van der Waals surface area contributed by atoms with E-state index in [9.17, 15) is 14.0 Å². The van der Waals surface area contributed by atoms with Crippen LogP contribution in [0.15, 0.2) is 65.1 Å². The summed E-state index contributed by atoms with van der Waals surface area (Å²) in [7, 11) is 0. The molecule has 0 saturated heterocycles. The molecule has 0 bridgehead atoms. The van der Waals surface area contributed by atoms with Crippen molar-refractivity contribution in [2.75, 3.05) is 5.32 Å². The van der Waals surface area contributed by atoms with Crippen LogP contribution in [0.1, 0.15) is 35.7 Å². The van der Waals surface area contributed by atoms with Crippen molar-refractivity contribution >= 4 is 56.0 Å². The Morgan fingerprint density at radius 1 is 1.11 bits per heavy atom. The molecular formula is C27H21BrClFN2O3. The zero-order valence-electron chi connectivity index (χ0n) is 19.0. The topological polar surface area (TPSA) is 68.3 Å². The number of hydrogen-bond donors (Lipinski definition) is 1. The van der Waals surface area contributed by atoms with E-state index in [1.54, 1.807) is 6.07 Å². The number of hydrogen-bond acceptors (Lipinski definition) is 4. The number of nitrogens with zero attached hydrogens (tertiary/aromatic N) is 1. The summed E-state index contributed by atoms with van der Waals surface area (Å²) in [5.41, 5.74) is 3.09. The molecule has 0 aliphatic carbocycles. The second-order valence-corrected chi connectivity index (χ2v) is 9.25. The smallest absolute Gasteiger partial charge is 0.311 e. The molecule has 0 aliphatic heterocycles. The Morgan fingerprint density at radius 3 is 2.57 bits per heavy atom. The fourth-order valence-corrected chi connectivity index (χ4v) is 4.42. The molecule has 4 rings (SSSR count). The summed E-state index contributed by atoms with van der Waals surface area (Å²) < 4.78 is 20.4. The number of carbonyl (C=O) groups is 2. The van der Waals surface area contributed by atoms with Crippen LogP contribution in [0, 0.1) is 12.7 Å². The van der Waals surface area contributed by atoms with Crippen molar-refractivity contribution in [2.45, 2.75) is 26.7 Å². The largest absolute Gasteiger partial charge is 0.423 e. The number of amides is 1. The number of nitrogens with one attached hydrogen (secondary N) is 1. The van der Waals surface area contributed by atoms with Crippen molar-refractivity contribution in [1.82, 2.24) is 4.98 Å². The van der Waals surface area contributed by atoms with Crippen molar-refractivity contribution < 1.29 is 18.7 Å². The van der Waals surface area contributed by atoms with Gasteiger partial charge in [0.25, 0.3) is 5.91 Å². The third kappa shape index (κ3) is 5.36. The molecule has 0 radical (unpaired) electrons. The molecule has 0 atom stereocenters. The van der Waals surface area contributed by atoms with Crippen LogP contribution >= 0.6 is 27.5 Å². The Kier molecular flexibility index (Phi) is 7.48. The number of halogens is 3. The quantitative estimate of drug-likeness (QED) is 0.195. The first-order valence-corrected chi connectivity index (χ1v) is 12.1. The molecule has 0 unspecified atom stereocenters. The number of carbonyl (C=O) groups excluding carboxylic acids is 2. The monoisotopic (exact) mass is 554 g/mol. The number of anilines is 1. The average Bonchev–Trinajstić information content (AvgIpc) is 2.81. The lowest BCUT2D eigenvalue weighted by Gasteiger charge is -2.17. The molecule has 0 fully saturated rings. The van der Waals surface area contributed by atoms with Crippen molar-refractivity contribution in [3.8, 4) is 17.0 Å². The van der Waals surface area contributed by atoms with Crippen LogP contribution in [0.3, 0.4) is 0 Å². The molecule has 178 valence electrons. The Balaban J connectivity index is 1.85. The predicted octanol–water partition coefficient (Wildman–Crippen LogP) is 7.72. The highest BCUT2D eigenvalue weighted by Crippen LogP contribution is 2.37. The first-order chi connectivity index (χ1) is 16.8. The van der Waals surface area contributed by atoms with Gasteiger partial charge in [-0.15, -0.1) is 0 Å². The maximum atomic E-state index is 14.2. The molecule has 0 spiro atoms. The van der Waals surface area contributed by atoms with Crippen LogP contribution in [0.2, 0.25) is 5.02 Å². The third-order valence-electron chi connectivity index (χ3n) is 5.39. The van der Waals surface area contributed by atoms with E-state index in [0.717, 1.165) is 22.2 Å². The third-order valence-corrected chi connectivity index (χ3v) is 6.17. The summed E-state index contributed by atoms with van der Waals surface area (Å²) in [5, 5.41) is 3.20. The van der Waals surface area contributed by atoms with E-state index in [2.05, 4.69) is 21.2 Å². The molecule has 1 amide bonds. The van der Waals surface area contributed by atoms with Gasteiger partial charge in [-0.2, -0.15) is 0 Å². The predicted molar refractivity (Wildman–Crippen MR) is 140 cm³/mol. The standard InChI is InChI=1S/C27H21BrClFN2O3/c1-3-7-23(33)35-26-20(29)13-18(30)14-22(26)32-27(34)24-15(2)25(16-8-5-4-6-9-16)31-21-11-10-17(28)12-19(21)24/h4-6,8-14H,3,7H2,1-2H3,(H,32,34). The second kappa shape index (κ2) is 10.5. The number of esters is 1. The SMILES string of the molecule is CCCC(=O)Oc1c(Cl)cc(F)cc1NC(=O)c1c(C)c(-c2ccccc2)nc2ccc(Br)cc12. The number of benzene rings is 3. The van der Waals surface area contributed by atoms with E-state index < -0.39 is 17.7 Å². The molecular weight excluding hydrogens is 535 g/mol. The fraction of sp³-hybridized carbons (Fsp3) is 0.148. The van der Waals surface area contributed by atoms with E-state index in [0.29, 0.717) is 34.1 Å². The van der Waals surface area contributed by atoms with Gasteiger partial charge in [0.15, 0.2) is 5.75 Å². The van der Waals surface area contributed by atoms with Gasteiger partial charge in [0, 0.05) is 27.9 Å². The van der Waals surface area contributed by atoms with Crippen molar-refractivity contribution in [1.29, 1.82) is 0 Å². The molecule has 8 heteroatoms. The lowest BCUT2D eigenvalue weighted by Crippen LogP contribution is -2.17. The minimum atomic E-state index is -0.676. The van der Waals surface area contributed by atoms with Gasteiger partial charge in [-0.3, -0.25) is 9.59 Å². The summed E-state index contributed by atoms with van der Waals surface area (Å²) in [6, 6.07) is 17.1. The van der Waals surface area contributed by atoms with E-state index in [4.69, 9.17) is 21.3 Å².